The first-order chi connectivity index (χ1) is 3.15. The maximum absolute atomic E-state index is 8.56. The van der Waals surface area contributed by atoms with Crippen LogP contribution in [-0.4, -0.2) is 16.4 Å². The molecule has 0 aromatic heterocycles. The molecule has 0 aliphatic heterocycles. The van der Waals surface area contributed by atoms with Crippen LogP contribution in [0.1, 0.15) is 14.4 Å². The van der Waals surface area contributed by atoms with Gasteiger partial charge in [-0.25, -0.2) is 4.79 Å². The fraction of sp³-hybridized carbons (Fsp3) is 0.400. The molecule has 0 aliphatic carbocycles. The van der Waals surface area contributed by atoms with E-state index in [0.29, 0.717) is 0 Å². The van der Waals surface area contributed by atoms with Crippen LogP contribution in [0.4, 0.5) is 4.79 Å². The number of carboxylic acid groups (broad SMARTS) is 2. The second-order valence-corrected chi connectivity index (χ2v) is 0.691. The molecule has 3 nitrogen and oxygen atoms in total. The van der Waals surface area contributed by atoms with Gasteiger partial charge in [-0.05, 0) is 6.92 Å². The van der Waals surface area contributed by atoms with Gasteiger partial charge in [-0.15, -0.1) is 6.58 Å². The number of hydrogen-bond acceptors (Lipinski definition) is 1. The van der Waals surface area contributed by atoms with Crippen molar-refractivity contribution in [3.05, 3.63) is 12.7 Å². The van der Waals surface area contributed by atoms with Crippen molar-refractivity contribution in [1.29, 1.82) is 0 Å². The summed E-state index contributed by atoms with van der Waals surface area (Å²) in [4.78, 5) is 8.56. The molecule has 2 N–H and O–H groups in total. The minimum Gasteiger partial charge on any atom is -0.450 e. The van der Waals surface area contributed by atoms with E-state index in [1.807, 2.05) is 6.92 Å². The highest BCUT2D eigenvalue weighted by Crippen LogP contribution is 1.42. The molecule has 0 saturated carbocycles. The second kappa shape index (κ2) is 16.7. The van der Waals surface area contributed by atoms with Crippen molar-refractivity contribution in [1.82, 2.24) is 0 Å². The molecular weight excluding hydrogens is 108 g/mol. The molecule has 0 aromatic carbocycles. The molecule has 0 atom stereocenters. The first kappa shape index (κ1) is 15.7. The van der Waals surface area contributed by atoms with Gasteiger partial charge < -0.3 is 10.2 Å². The molecule has 8 heavy (non-hydrogen) atoms. The zero-order chi connectivity index (χ0) is 6.28. The Bertz CT molecular complexity index is 54.7. The number of carbonyl (C=O) groups is 1. The van der Waals surface area contributed by atoms with Crippen LogP contribution >= 0.6 is 0 Å². The third kappa shape index (κ3) is 82.2. The zero-order valence-corrected chi connectivity index (χ0v) is 4.09. The topological polar surface area (TPSA) is 57.5 Å². The Hall–Kier alpha value is -0.990. The average Bonchev–Trinajstić information content (AvgIpc) is 1.33. The van der Waals surface area contributed by atoms with Gasteiger partial charge in [-0.2, -0.15) is 0 Å². The SMILES string of the molecule is C.C=CC.O=C(O)O. The summed E-state index contributed by atoms with van der Waals surface area (Å²) in [6.07, 6.45) is -0.0833. The van der Waals surface area contributed by atoms with E-state index in [2.05, 4.69) is 6.58 Å². The van der Waals surface area contributed by atoms with Crippen LogP contribution in [0.2, 0.25) is 0 Å². The molecule has 0 aliphatic rings. The predicted octanol–water partition coefficient (Wildman–Crippen LogP) is 2.05. The maximum atomic E-state index is 8.56. The molecule has 0 radical (unpaired) electrons. The third-order valence-electron chi connectivity index (χ3n) is 0. The van der Waals surface area contributed by atoms with Crippen molar-refractivity contribution in [2.75, 3.05) is 0 Å². The van der Waals surface area contributed by atoms with Gasteiger partial charge in [0.15, 0.2) is 0 Å². The van der Waals surface area contributed by atoms with E-state index >= 15 is 0 Å². The summed E-state index contributed by atoms with van der Waals surface area (Å²) in [7, 11) is 0. The number of allylic oxidation sites excluding steroid dienone is 1. The highest BCUT2D eigenvalue weighted by molar-refractivity contribution is 5.53. The Labute approximate surface area is 49.3 Å². The monoisotopic (exact) mass is 120 g/mol. The Morgan fingerprint density at radius 3 is 1.62 bits per heavy atom. The Kier molecular flexibility index (Phi) is 32.8. The van der Waals surface area contributed by atoms with Crippen LogP contribution in [0.25, 0.3) is 0 Å². The van der Waals surface area contributed by atoms with Gasteiger partial charge in [0.1, 0.15) is 0 Å². The molecule has 0 rings (SSSR count). The lowest BCUT2D eigenvalue weighted by atomic mass is 10.8. The molecule has 0 amide bonds. The lowest BCUT2D eigenvalue weighted by Crippen LogP contribution is -1.81. The van der Waals surface area contributed by atoms with E-state index in [4.69, 9.17) is 15.0 Å². The fourth-order valence-corrected chi connectivity index (χ4v) is 0. The maximum Gasteiger partial charge on any atom is 0.503 e. The highest BCUT2D eigenvalue weighted by atomic mass is 16.6. The van der Waals surface area contributed by atoms with Gasteiger partial charge in [0.05, 0.1) is 0 Å². The van der Waals surface area contributed by atoms with E-state index in [9.17, 15) is 0 Å². The molecular formula is C5H12O3. The van der Waals surface area contributed by atoms with Gasteiger partial charge in [-0.3, -0.25) is 0 Å². The second-order valence-electron chi connectivity index (χ2n) is 0.691. The van der Waals surface area contributed by atoms with E-state index in [-0.39, 0.29) is 7.43 Å². The minimum absolute atomic E-state index is 0. The Morgan fingerprint density at radius 2 is 1.62 bits per heavy atom. The summed E-state index contributed by atoms with van der Waals surface area (Å²) in [5.41, 5.74) is 0. The van der Waals surface area contributed by atoms with Crippen molar-refractivity contribution < 1.29 is 15.0 Å². The summed E-state index contributed by atoms with van der Waals surface area (Å²) in [5.74, 6) is 0. The summed E-state index contributed by atoms with van der Waals surface area (Å²) < 4.78 is 0. The highest BCUT2D eigenvalue weighted by Gasteiger charge is 1.70. The van der Waals surface area contributed by atoms with Crippen molar-refractivity contribution >= 4 is 6.16 Å². The van der Waals surface area contributed by atoms with Crippen molar-refractivity contribution in [3.63, 3.8) is 0 Å². The largest absolute Gasteiger partial charge is 0.503 e. The van der Waals surface area contributed by atoms with Crippen LogP contribution in [0.15, 0.2) is 12.7 Å². The lowest BCUT2D eigenvalue weighted by molar-refractivity contribution is 0.137. The summed E-state index contributed by atoms with van der Waals surface area (Å²) >= 11 is 0. The molecule has 0 saturated heterocycles. The Morgan fingerprint density at radius 1 is 1.62 bits per heavy atom. The van der Waals surface area contributed by atoms with Gasteiger partial charge in [0.25, 0.3) is 0 Å². The Balaban J connectivity index is -0.0000000575. The van der Waals surface area contributed by atoms with Crippen LogP contribution in [0, 0.1) is 0 Å². The smallest absolute Gasteiger partial charge is 0.450 e. The molecule has 3 heteroatoms. The van der Waals surface area contributed by atoms with E-state index in [0.717, 1.165) is 0 Å². The quantitative estimate of drug-likeness (QED) is 0.481. The molecule has 0 fully saturated rings. The molecule has 0 bridgehead atoms. The summed E-state index contributed by atoms with van der Waals surface area (Å²) in [6, 6.07) is 0. The normalized spacial score (nSPS) is 4.62. The van der Waals surface area contributed by atoms with Crippen LogP contribution < -0.4 is 0 Å². The summed E-state index contributed by atoms with van der Waals surface area (Å²) in [6.45, 7) is 5.25. The number of hydrogen-bond donors (Lipinski definition) is 2. The van der Waals surface area contributed by atoms with Gasteiger partial charge in [0.2, 0.25) is 0 Å². The average molecular weight is 120 g/mol. The van der Waals surface area contributed by atoms with Crippen LogP contribution in [0.5, 0.6) is 0 Å². The van der Waals surface area contributed by atoms with Crippen molar-refractivity contribution in [3.8, 4) is 0 Å². The first-order valence-electron chi connectivity index (χ1n) is 1.64. The molecule has 0 spiro atoms. The molecule has 0 unspecified atom stereocenters. The lowest BCUT2D eigenvalue weighted by Gasteiger charge is -1.60. The van der Waals surface area contributed by atoms with Crippen LogP contribution in [0.3, 0.4) is 0 Å². The van der Waals surface area contributed by atoms with E-state index < -0.39 is 6.16 Å². The van der Waals surface area contributed by atoms with Gasteiger partial charge in [-0.1, -0.05) is 13.5 Å². The third-order valence-corrected chi connectivity index (χ3v) is 0. The van der Waals surface area contributed by atoms with Crippen molar-refractivity contribution in [2.45, 2.75) is 14.4 Å². The zero-order valence-electron chi connectivity index (χ0n) is 4.09. The number of rotatable bonds is 0. The molecule has 0 heterocycles. The van der Waals surface area contributed by atoms with Gasteiger partial charge >= 0.3 is 6.16 Å². The van der Waals surface area contributed by atoms with E-state index in [1.54, 1.807) is 6.08 Å². The standard InChI is InChI=1S/C3H6.CH2O3.CH4/c1-3-2;2-1(3)4;/h3H,1H2,2H3;(H2,2,3,4);1H4. The predicted molar refractivity (Wildman–Crippen MR) is 33.3 cm³/mol. The first-order valence-corrected chi connectivity index (χ1v) is 1.64. The van der Waals surface area contributed by atoms with Crippen LogP contribution in [-0.2, 0) is 0 Å². The molecule has 0 aromatic rings. The van der Waals surface area contributed by atoms with E-state index in [1.165, 1.54) is 0 Å². The summed E-state index contributed by atoms with van der Waals surface area (Å²) in [5, 5.41) is 13.9. The fourth-order valence-electron chi connectivity index (χ4n) is 0. The minimum atomic E-state index is -1.83. The molecule has 50 valence electrons. The van der Waals surface area contributed by atoms with Crippen molar-refractivity contribution in [2.24, 2.45) is 0 Å². The van der Waals surface area contributed by atoms with Gasteiger partial charge in [0, 0.05) is 0 Å².